The third-order valence-electron chi connectivity index (χ3n) is 2.17. The summed E-state index contributed by atoms with van der Waals surface area (Å²) >= 11 is 5.02. The molecule has 9 heteroatoms. The van der Waals surface area contributed by atoms with Gasteiger partial charge in [0.05, 0.1) is 20.1 Å². The van der Waals surface area contributed by atoms with E-state index in [1.807, 2.05) is 28.7 Å². The smallest absolute Gasteiger partial charge is 0.314 e. The van der Waals surface area contributed by atoms with Gasteiger partial charge in [-0.15, -0.1) is 0 Å². The van der Waals surface area contributed by atoms with Gasteiger partial charge in [0.25, 0.3) is 0 Å². The van der Waals surface area contributed by atoms with Crippen molar-refractivity contribution in [2.45, 2.75) is 0 Å². The summed E-state index contributed by atoms with van der Waals surface area (Å²) in [5, 5.41) is 19.9. The van der Waals surface area contributed by atoms with E-state index < -0.39 is 4.92 Å². The van der Waals surface area contributed by atoms with Crippen LogP contribution < -0.4 is 4.74 Å². The molecule has 0 fully saturated rings. The zero-order valence-electron chi connectivity index (χ0n) is 9.58. The predicted octanol–water partition coefficient (Wildman–Crippen LogP) is 3.42. The molecule has 0 radical (unpaired) electrons. The van der Waals surface area contributed by atoms with E-state index in [0.29, 0.717) is 8.17 Å². The first-order valence-corrected chi connectivity index (χ1v) is 6.92. The highest BCUT2D eigenvalue weighted by molar-refractivity contribution is 14.1. The molecule has 0 spiro atoms. The summed E-state index contributed by atoms with van der Waals surface area (Å²) in [6.07, 6.45) is 1.27. The highest BCUT2D eigenvalue weighted by atomic mass is 127. The summed E-state index contributed by atoms with van der Waals surface area (Å²) in [6.45, 7) is 0. The molecular weight excluding hydrogens is 443 g/mol. The van der Waals surface area contributed by atoms with Crippen molar-refractivity contribution in [3.8, 4) is 17.7 Å². The van der Waals surface area contributed by atoms with Crippen LogP contribution in [0, 0.1) is 25.0 Å². The summed E-state index contributed by atoms with van der Waals surface area (Å²) < 4.78 is 6.38. The molecule has 2 rings (SSSR count). The second kappa shape index (κ2) is 6.10. The van der Waals surface area contributed by atoms with Gasteiger partial charge in [0.15, 0.2) is 0 Å². The standard InChI is InChI=1S/C11H4BrIN4O3/c12-9-3-10(16-5-15-9)20-11-7(13)1-6(4-14)2-8(11)17(18)19/h1-3,5H. The lowest BCUT2D eigenvalue weighted by Gasteiger charge is -2.07. The summed E-state index contributed by atoms with van der Waals surface area (Å²) in [7, 11) is 0. The third-order valence-corrected chi connectivity index (χ3v) is 3.40. The first-order valence-electron chi connectivity index (χ1n) is 5.04. The fraction of sp³-hybridized carbons (Fsp3) is 0. The van der Waals surface area contributed by atoms with E-state index in [-0.39, 0.29) is 22.9 Å². The number of hydrogen-bond donors (Lipinski definition) is 0. The van der Waals surface area contributed by atoms with Crippen molar-refractivity contribution in [2.24, 2.45) is 0 Å². The monoisotopic (exact) mass is 446 g/mol. The van der Waals surface area contributed by atoms with E-state index in [1.165, 1.54) is 18.5 Å². The quantitative estimate of drug-likeness (QED) is 0.310. The first-order chi connectivity index (χ1) is 9.51. The first kappa shape index (κ1) is 14.6. The van der Waals surface area contributed by atoms with E-state index >= 15 is 0 Å². The van der Waals surface area contributed by atoms with Gasteiger partial charge in [0, 0.05) is 12.1 Å². The van der Waals surface area contributed by atoms with Gasteiger partial charge in [-0.2, -0.15) is 5.26 Å². The fourth-order valence-electron chi connectivity index (χ4n) is 1.36. The van der Waals surface area contributed by atoms with Gasteiger partial charge in [0.2, 0.25) is 11.6 Å². The number of halogens is 2. The maximum absolute atomic E-state index is 11.1. The number of rotatable bonds is 3. The van der Waals surface area contributed by atoms with Crippen molar-refractivity contribution >= 4 is 44.2 Å². The number of nitrogens with zero attached hydrogens (tertiary/aromatic N) is 4. The van der Waals surface area contributed by atoms with Crippen molar-refractivity contribution in [1.82, 2.24) is 9.97 Å². The molecule has 0 unspecified atom stereocenters. The number of hydrogen-bond acceptors (Lipinski definition) is 6. The van der Waals surface area contributed by atoms with Crippen LogP contribution in [-0.4, -0.2) is 14.9 Å². The number of ether oxygens (including phenoxy) is 1. The van der Waals surface area contributed by atoms with Crippen LogP contribution in [0.15, 0.2) is 29.1 Å². The molecule has 0 aliphatic heterocycles. The van der Waals surface area contributed by atoms with Crippen LogP contribution in [0.4, 0.5) is 5.69 Å². The van der Waals surface area contributed by atoms with Crippen LogP contribution in [0.25, 0.3) is 0 Å². The normalized spacial score (nSPS) is 9.85. The van der Waals surface area contributed by atoms with Gasteiger partial charge in [0.1, 0.15) is 10.9 Å². The molecule has 0 saturated carbocycles. The molecule has 0 bridgehead atoms. The van der Waals surface area contributed by atoms with E-state index in [4.69, 9.17) is 10.00 Å². The van der Waals surface area contributed by atoms with Gasteiger partial charge in [-0.1, -0.05) is 0 Å². The van der Waals surface area contributed by atoms with Gasteiger partial charge in [-0.25, -0.2) is 9.97 Å². The number of nitriles is 1. The van der Waals surface area contributed by atoms with Crippen molar-refractivity contribution in [3.05, 3.63) is 48.4 Å². The molecule has 100 valence electrons. The highest BCUT2D eigenvalue weighted by Crippen LogP contribution is 2.36. The molecule has 0 N–H and O–H groups in total. The maximum Gasteiger partial charge on any atom is 0.314 e. The van der Waals surface area contributed by atoms with Crippen LogP contribution in [0.2, 0.25) is 0 Å². The second-order valence-corrected chi connectivity index (χ2v) is 5.43. The van der Waals surface area contributed by atoms with Crippen LogP contribution in [0.5, 0.6) is 11.6 Å². The Morgan fingerprint density at radius 1 is 1.40 bits per heavy atom. The Morgan fingerprint density at radius 3 is 2.75 bits per heavy atom. The zero-order chi connectivity index (χ0) is 14.7. The molecule has 7 nitrogen and oxygen atoms in total. The Morgan fingerprint density at radius 2 is 2.15 bits per heavy atom. The van der Waals surface area contributed by atoms with Crippen molar-refractivity contribution in [3.63, 3.8) is 0 Å². The van der Waals surface area contributed by atoms with Gasteiger partial charge in [-0.3, -0.25) is 10.1 Å². The SMILES string of the molecule is N#Cc1cc(I)c(Oc2cc(Br)ncn2)c([N+](=O)[O-])c1. The average molecular weight is 447 g/mol. The molecule has 1 heterocycles. The van der Waals surface area contributed by atoms with Gasteiger partial charge < -0.3 is 4.74 Å². The lowest BCUT2D eigenvalue weighted by molar-refractivity contribution is -0.385. The Kier molecular flexibility index (Phi) is 4.46. The van der Waals surface area contributed by atoms with Crippen molar-refractivity contribution in [1.29, 1.82) is 5.26 Å². The Bertz CT molecular complexity index is 732. The van der Waals surface area contributed by atoms with E-state index in [1.54, 1.807) is 0 Å². The Balaban J connectivity index is 2.51. The molecule has 0 amide bonds. The molecule has 0 atom stereocenters. The third kappa shape index (κ3) is 3.20. The molecule has 0 aliphatic rings. The maximum atomic E-state index is 11.1. The van der Waals surface area contributed by atoms with E-state index in [9.17, 15) is 10.1 Å². The molecule has 1 aromatic heterocycles. The van der Waals surface area contributed by atoms with Crippen LogP contribution in [-0.2, 0) is 0 Å². The number of nitro groups is 1. The van der Waals surface area contributed by atoms with Crippen LogP contribution in [0.3, 0.4) is 0 Å². The van der Waals surface area contributed by atoms with Gasteiger partial charge in [-0.05, 0) is 44.6 Å². The molecule has 20 heavy (non-hydrogen) atoms. The largest absolute Gasteiger partial charge is 0.430 e. The summed E-state index contributed by atoms with van der Waals surface area (Å²) in [6, 6.07) is 6.01. The van der Waals surface area contributed by atoms with Gasteiger partial charge >= 0.3 is 5.69 Å². The summed E-state index contributed by atoms with van der Waals surface area (Å²) in [4.78, 5) is 18.2. The summed E-state index contributed by atoms with van der Waals surface area (Å²) in [5.74, 6) is 0.206. The molecular formula is C11H4BrIN4O3. The average Bonchev–Trinajstić information content (AvgIpc) is 2.40. The van der Waals surface area contributed by atoms with Crippen molar-refractivity contribution < 1.29 is 9.66 Å². The van der Waals surface area contributed by atoms with E-state index in [0.717, 1.165) is 6.07 Å². The Hall–Kier alpha value is -1.80. The minimum Gasteiger partial charge on any atom is -0.430 e. The molecule has 2 aromatic rings. The minimum absolute atomic E-state index is 0.0419. The molecule has 0 saturated heterocycles. The fourth-order valence-corrected chi connectivity index (χ4v) is 2.37. The van der Waals surface area contributed by atoms with Crippen LogP contribution >= 0.6 is 38.5 Å². The summed E-state index contributed by atoms with van der Waals surface area (Å²) in [5.41, 5.74) is -0.0968. The number of aromatic nitrogens is 2. The van der Waals surface area contributed by atoms with Crippen LogP contribution in [0.1, 0.15) is 5.56 Å². The molecule has 0 aliphatic carbocycles. The van der Waals surface area contributed by atoms with Crippen molar-refractivity contribution in [2.75, 3.05) is 0 Å². The van der Waals surface area contributed by atoms with E-state index in [2.05, 4.69) is 25.9 Å². The molecule has 1 aromatic carbocycles. The lowest BCUT2D eigenvalue weighted by atomic mass is 10.2. The topological polar surface area (TPSA) is 102 Å². The number of nitro benzene ring substituents is 1. The Labute approximate surface area is 135 Å². The zero-order valence-corrected chi connectivity index (χ0v) is 13.3. The number of benzene rings is 1. The highest BCUT2D eigenvalue weighted by Gasteiger charge is 2.21. The minimum atomic E-state index is -0.603. The predicted molar refractivity (Wildman–Crippen MR) is 80.3 cm³/mol. The second-order valence-electron chi connectivity index (χ2n) is 3.46. The lowest BCUT2D eigenvalue weighted by Crippen LogP contribution is -1.98.